The molecule has 0 bridgehead atoms. The Morgan fingerprint density at radius 1 is 1.50 bits per heavy atom. The third-order valence-electron chi connectivity index (χ3n) is 1.14. The van der Waals surface area contributed by atoms with E-state index in [-0.39, 0.29) is 11.3 Å². The van der Waals surface area contributed by atoms with Gasteiger partial charge in [-0.3, -0.25) is 4.79 Å². The van der Waals surface area contributed by atoms with Crippen molar-refractivity contribution in [1.29, 1.82) is 0 Å². The lowest BCUT2D eigenvalue weighted by molar-refractivity contribution is 0.112. The molecule has 2 nitrogen and oxygen atoms in total. The fourth-order valence-electron chi connectivity index (χ4n) is 0.636. The number of aldehydes is 1. The molecule has 0 atom stereocenters. The van der Waals surface area contributed by atoms with Crippen LogP contribution in [0.2, 0.25) is 0 Å². The minimum absolute atomic E-state index is 0.00667. The van der Waals surface area contributed by atoms with Gasteiger partial charge in [-0.2, -0.15) is 0 Å². The summed E-state index contributed by atoms with van der Waals surface area (Å²) in [5.41, 5.74) is 0.271. The largest absolute Gasteiger partial charge is 0.507 e. The molecule has 1 aromatic rings. The van der Waals surface area contributed by atoms with Gasteiger partial charge in [-0.1, -0.05) is 0 Å². The molecule has 1 N–H and O–H groups in total. The van der Waals surface area contributed by atoms with Crippen LogP contribution in [0.3, 0.4) is 0 Å². The first-order chi connectivity index (χ1) is 4.74. The standard InChI is InChI=1S/C7H6O2S/c8-4-5-3-6(10)1-2-7(5)9/h1-4,9-10H. The van der Waals surface area contributed by atoms with E-state index in [4.69, 9.17) is 5.11 Å². The van der Waals surface area contributed by atoms with Crippen molar-refractivity contribution in [3.05, 3.63) is 23.8 Å². The number of hydrogen-bond acceptors (Lipinski definition) is 3. The van der Waals surface area contributed by atoms with E-state index in [9.17, 15) is 4.79 Å². The van der Waals surface area contributed by atoms with Gasteiger partial charge >= 0.3 is 0 Å². The van der Waals surface area contributed by atoms with E-state index < -0.39 is 0 Å². The molecule has 0 unspecified atom stereocenters. The molecule has 0 amide bonds. The first kappa shape index (κ1) is 7.15. The van der Waals surface area contributed by atoms with Crippen molar-refractivity contribution < 1.29 is 9.90 Å². The van der Waals surface area contributed by atoms with Gasteiger partial charge in [0.1, 0.15) is 5.75 Å². The maximum absolute atomic E-state index is 10.2. The highest BCUT2D eigenvalue weighted by Gasteiger charge is 1.97. The lowest BCUT2D eigenvalue weighted by atomic mass is 10.2. The number of phenols is 1. The Bertz CT molecular complexity index is 258. The number of aromatic hydroxyl groups is 1. The van der Waals surface area contributed by atoms with Gasteiger partial charge < -0.3 is 5.11 Å². The van der Waals surface area contributed by atoms with E-state index in [1.807, 2.05) is 0 Å². The molecule has 0 saturated carbocycles. The van der Waals surface area contributed by atoms with Crippen molar-refractivity contribution in [2.24, 2.45) is 0 Å². The Labute approximate surface area is 63.9 Å². The zero-order valence-electron chi connectivity index (χ0n) is 5.11. The summed E-state index contributed by atoms with van der Waals surface area (Å²) in [5, 5.41) is 8.97. The van der Waals surface area contributed by atoms with Gasteiger partial charge in [0.05, 0.1) is 5.56 Å². The van der Waals surface area contributed by atoms with Crippen LogP contribution >= 0.6 is 12.6 Å². The molecule has 0 radical (unpaired) electrons. The summed E-state index contributed by atoms with van der Waals surface area (Å²) in [7, 11) is 0. The molecule has 0 fully saturated rings. The molecule has 0 aromatic heterocycles. The van der Waals surface area contributed by atoms with Gasteiger partial charge in [-0.15, -0.1) is 12.6 Å². The summed E-state index contributed by atoms with van der Waals surface area (Å²) in [5.74, 6) is -0.00667. The van der Waals surface area contributed by atoms with E-state index in [0.717, 1.165) is 0 Å². The lowest BCUT2D eigenvalue weighted by Crippen LogP contribution is -1.79. The number of benzene rings is 1. The maximum atomic E-state index is 10.2. The van der Waals surface area contributed by atoms with Crippen molar-refractivity contribution in [2.75, 3.05) is 0 Å². The first-order valence-electron chi connectivity index (χ1n) is 2.71. The van der Waals surface area contributed by atoms with Gasteiger partial charge in [0, 0.05) is 4.90 Å². The van der Waals surface area contributed by atoms with Crippen LogP contribution in [-0.4, -0.2) is 11.4 Å². The second-order valence-electron chi connectivity index (χ2n) is 1.86. The summed E-state index contributed by atoms with van der Waals surface area (Å²) in [6, 6.07) is 4.56. The second-order valence-corrected chi connectivity index (χ2v) is 2.38. The summed E-state index contributed by atoms with van der Waals surface area (Å²) in [4.78, 5) is 10.9. The molecule has 10 heavy (non-hydrogen) atoms. The maximum Gasteiger partial charge on any atom is 0.153 e. The molecule has 1 aromatic carbocycles. The summed E-state index contributed by atoms with van der Waals surface area (Å²) in [6.45, 7) is 0. The third-order valence-corrected chi connectivity index (χ3v) is 1.42. The van der Waals surface area contributed by atoms with Crippen LogP contribution in [0.1, 0.15) is 10.4 Å². The number of rotatable bonds is 1. The fourth-order valence-corrected chi connectivity index (χ4v) is 0.850. The van der Waals surface area contributed by atoms with E-state index in [0.29, 0.717) is 11.2 Å². The van der Waals surface area contributed by atoms with Crippen molar-refractivity contribution in [1.82, 2.24) is 0 Å². The Kier molecular flexibility index (Phi) is 1.97. The number of carbonyl (C=O) groups excluding carboxylic acids is 1. The Morgan fingerprint density at radius 3 is 2.70 bits per heavy atom. The van der Waals surface area contributed by atoms with Crippen molar-refractivity contribution in [3.63, 3.8) is 0 Å². The predicted molar refractivity (Wildman–Crippen MR) is 40.7 cm³/mol. The van der Waals surface area contributed by atoms with Crippen LogP contribution in [0.5, 0.6) is 5.75 Å². The van der Waals surface area contributed by atoms with E-state index in [1.54, 1.807) is 6.07 Å². The quantitative estimate of drug-likeness (QED) is 0.475. The van der Waals surface area contributed by atoms with Crippen molar-refractivity contribution in [3.8, 4) is 5.75 Å². The topological polar surface area (TPSA) is 37.3 Å². The van der Waals surface area contributed by atoms with Gasteiger partial charge in [-0.25, -0.2) is 0 Å². The monoisotopic (exact) mass is 154 g/mol. The van der Waals surface area contributed by atoms with Crippen molar-refractivity contribution in [2.45, 2.75) is 4.90 Å². The first-order valence-corrected chi connectivity index (χ1v) is 3.16. The number of hydrogen-bond donors (Lipinski definition) is 2. The lowest BCUT2D eigenvalue weighted by Gasteiger charge is -1.95. The molecule has 0 saturated heterocycles. The van der Waals surface area contributed by atoms with Gasteiger partial charge in [0.2, 0.25) is 0 Å². The highest BCUT2D eigenvalue weighted by molar-refractivity contribution is 7.80. The highest BCUT2D eigenvalue weighted by atomic mass is 32.1. The van der Waals surface area contributed by atoms with Crippen LogP contribution in [0.25, 0.3) is 0 Å². The van der Waals surface area contributed by atoms with Crippen LogP contribution in [-0.2, 0) is 0 Å². The Hall–Kier alpha value is -0.960. The second kappa shape index (κ2) is 2.75. The molecule has 1 rings (SSSR count). The molecule has 0 heterocycles. The van der Waals surface area contributed by atoms with Crippen LogP contribution in [0, 0.1) is 0 Å². The third kappa shape index (κ3) is 1.30. The minimum atomic E-state index is -0.00667. The molecular weight excluding hydrogens is 148 g/mol. The van der Waals surface area contributed by atoms with E-state index >= 15 is 0 Å². The van der Waals surface area contributed by atoms with E-state index in [1.165, 1.54) is 12.1 Å². The Morgan fingerprint density at radius 2 is 2.20 bits per heavy atom. The molecule has 52 valence electrons. The molecular formula is C7H6O2S. The fraction of sp³-hybridized carbons (Fsp3) is 0. The minimum Gasteiger partial charge on any atom is -0.507 e. The molecule has 0 aliphatic heterocycles. The van der Waals surface area contributed by atoms with E-state index in [2.05, 4.69) is 12.6 Å². The average Bonchev–Trinajstić information content (AvgIpc) is 1.94. The van der Waals surface area contributed by atoms with Crippen molar-refractivity contribution >= 4 is 18.9 Å². The summed E-state index contributed by atoms with van der Waals surface area (Å²) >= 11 is 3.99. The van der Waals surface area contributed by atoms with Gasteiger partial charge in [-0.05, 0) is 18.2 Å². The highest BCUT2D eigenvalue weighted by Crippen LogP contribution is 2.17. The smallest absolute Gasteiger partial charge is 0.153 e. The molecule has 0 aliphatic rings. The van der Waals surface area contributed by atoms with Gasteiger partial charge in [0.15, 0.2) is 6.29 Å². The normalized spacial score (nSPS) is 9.30. The molecule has 0 spiro atoms. The summed E-state index contributed by atoms with van der Waals surface area (Å²) < 4.78 is 0. The van der Waals surface area contributed by atoms with Crippen LogP contribution in [0.4, 0.5) is 0 Å². The number of thiol groups is 1. The Balaban J connectivity index is 3.21. The zero-order chi connectivity index (χ0) is 7.56. The molecule has 0 aliphatic carbocycles. The number of phenolic OH excluding ortho intramolecular Hbond substituents is 1. The average molecular weight is 154 g/mol. The van der Waals surface area contributed by atoms with Crippen LogP contribution in [0.15, 0.2) is 23.1 Å². The summed E-state index contributed by atoms with van der Waals surface area (Å²) in [6.07, 6.45) is 0.592. The SMILES string of the molecule is O=Cc1cc(S)ccc1O. The predicted octanol–water partition coefficient (Wildman–Crippen LogP) is 1.49. The number of carbonyl (C=O) groups is 1. The molecule has 3 heteroatoms. The zero-order valence-corrected chi connectivity index (χ0v) is 6.01. The van der Waals surface area contributed by atoms with Crippen LogP contribution < -0.4 is 0 Å². The van der Waals surface area contributed by atoms with Gasteiger partial charge in [0.25, 0.3) is 0 Å².